The van der Waals surface area contributed by atoms with Gasteiger partial charge in [0.25, 0.3) is 5.56 Å². The average molecular weight is 426 g/mol. The van der Waals surface area contributed by atoms with Crippen LogP contribution in [-0.2, 0) is 20.6 Å². The Morgan fingerprint density at radius 1 is 0.903 bits per heavy atom. The lowest BCUT2D eigenvalue weighted by molar-refractivity contribution is 0.169. The summed E-state index contributed by atoms with van der Waals surface area (Å²) in [5.41, 5.74) is 2.42. The zero-order chi connectivity index (χ0) is 23.0. The van der Waals surface area contributed by atoms with Crippen molar-refractivity contribution in [1.82, 2.24) is 23.6 Å². The van der Waals surface area contributed by atoms with E-state index in [4.69, 9.17) is 4.98 Å². The average Bonchev–Trinajstić information content (AvgIpc) is 3.10. The molecule has 0 saturated carbocycles. The minimum Gasteiger partial charge on any atom is -0.317 e. The van der Waals surface area contributed by atoms with Crippen LogP contribution in [-0.4, -0.2) is 42.2 Å². The highest BCUT2D eigenvalue weighted by Gasteiger charge is 2.22. The van der Waals surface area contributed by atoms with E-state index in [-0.39, 0.29) is 11.2 Å². The number of hydrogen-bond donors (Lipinski definition) is 0. The largest absolute Gasteiger partial charge is 0.332 e. The van der Waals surface area contributed by atoms with Gasteiger partial charge in [0.05, 0.1) is 0 Å². The van der Waals surface area contributed by atoms with Crippen LogP contribution in [0, 0.1) is 0 Å². The van der Waals surface area contributed by atoms with Crippen LogP contribution in [0.5, 0.6) is 0 Å². The zero-order valence-corrected chi connectivity index (χ0v) is 20.0. The van der Waals surface area contributed by atoms with Crippen molar-refractivity contribution >= 4 is 11.2 Å². The van der Waals surface area contributed by atoms with Gasteiger partial charge in [-0.15, -0.1) is 0 Å². The summed E-state index contributed by atoms with van der Waals surface area (Å²) in [7, 11) is 3.19. The summed E-state index contributed by atoms with van der Waals surface area (Å²) >= 11 is 0. The lowest BCUT2D eigenvalue weighted by Gasteiger charge is -2.30. The molecule has 0 N–H and O–H groups in total. The Labute approximate surface area is 183 Å². The smallest absolute Gasteiger partial charge is 0.317 e. The molecule has 7 nitrogen and oxygen atoms in total. The maximum absolute atomic E-state index is 13.1. The van der Waals surface area contributed by atoms with Crippen LogP contribution in [0.3, 0.4) is 0 Å². The van der Waals surface area contributed by atoms with Gasteiger partial charge in [0.15, 0.2) is 11.2 Å². The second-order valence-electron chi connectivity index (χ2n) is 9.17. The van der Waals surface area contributed by atoms with Crippen LogP contribution in [0.2, 0.25) is 0 Å². The number of aryl methyl sites for hydroxylation is 1. The van der Waals surface area contributed by atoms with Crippen molar-refractivity contribution in [2.24, 2.45) is 14.1 Å². The third-order valence-electron chi connectivity index (χ3n) is 6.09. The molecule has 0 atom stereocenters. The van der Waals surface area contributed by atoms with Gasteiger partial charge in [0.2, 0.25) is 0 Å². The first kappa shape index (κ1) is 23.0. The molecule has 31 heavy (non-hydrogen) atoms. The molecular formula is C24H35N5O2. The van der Waals surface area contributed by atoms with E-state index < -0.39 is 0 Å². The first-order chi connectivity index (χ1) is 14.5. The Hall–Kier alpha value is -2.67. The number of hydrogen-bond acceptors (Lipinski definition) is 4. The third kappa shape index (κ3) is 4.24. The van der Waals surface area contributed by atoms with Crippen LogP contribution in [0.15, 0.2) is 33.9 Å². The number of fused-ring (bicyclic) bond motifs is 1. The predicted molar refractivity (Wildman–Crippen MR) is 127 cm³/mol. The molecule has 2 aromatic heterocycles. The molecular weight excluding hydrogens is 390 g/mol. The summed E-state index contributed by atoms with van der Waals surface area (Å²) in [5, 5.41) is 0. The molecule has 2 heterocycles. The van der Waals surface area contributed by atoms with Crippen LogP contribution >= 0.6 is 0 Å². The Balaban J connectivity index is 2.22. The van der Waals surface area contributed by atoms with Gasteiger partial charge in [-0.05, 0) is 39.2 Å². The SMILES string of the molecule is CC(C)c1ccc(-c2nc3c(c(=O)n(C)c(=O)n3C)n2CCN(C(C)C)C(C)C)cc1. The van der Waals surface area contributed by atoms with Crippen molar-refractivity contribution < 1.29 is 0 Å². The molecule has 1 aromatic carbocycles. The van der Waals surface area contributed by atoms with Crippen molar-refractivity contribution in [3.8, 4) is 11.4 Å². The number of aromatic nitrogens is 4. The molecule has 3 rings (SSSR count). The van der Waals surface area contributed by atoms with E-state index in [9.17, 15) is 9.59 Å². The molecule has 0 spiro atoms. The number of nitrogens with zero attached hydrogens (tertiary/aromatic N) is 5. The summed E-state index contributed by atoms with van der Waals surface area (Å²) < 4.78 is 4.61. The van der Waals surface area contributed by atoms with Crippen molar-refractivity contribution in [1.29, 1.82) is 0 Å². The van der Waals surface area contributed by atoms with Crippen LogP contribution in [0.4, 0.5) is 0 Å². The molecule has 0 aliphatic rings. The Kier molecular flexibility index (Phi) is 6.55. The second kappa shape index (κ2) is 8.83. The van der Waals surface area contributed by atoms with Gasteiger partial charge in [0.1, 0.15) is 5.82 Å². The Morgan fingerprint density at radius 2 is 1.48 bits per heavy atom. The van der Waals surface area contributed by atoms with E-state index in [1.54, 1.807) is 7.05 Å². The number of benzene rings is 1. The highest BCUT2D eigenvalue weighted by Crippen LogP contribution is 2.25. The Morgan fingerprint density at radius 3 is 2.00 bits per heavy atom. The molecule has 168 valence electrons. The predicted octanol–water partition coefficient (Wildman–Crippen LogP) is 3.34. The van der Waals surface area contributed by atoms with Crippen LogP contribution < -0.4 is 11.2 Å². The molecule has 0 aliphatic heterocycles. The van der Waals surface area contributed by atoms with Gasteiger partial charge in [-0.1, -0.05) is 38.1 Å². The summed E-state index contributed by atoms with van der Waals surface area (Å²) in [4.78, 5) is 32.8. The second-order valence-corrected chi connectivity index (χ2v) is 9.17. The third-order valence-corrected chi connectivity index (χ3v) is 6.09. The maximum Gasteiger partial charge on any atom is 0.332 e. The van der Waals surface area contributed by atoms with Crippen molar-refractivity contribution in [3.63, 3.8) is 0 Å². The van der Waals surface area contributed by atoms with Gasteiger partial charge in [-0.25, -0.2) is 9.78 Å². The molecule has 7 heteroatoms. The van der Waals surface area contributed by atoms with Crippen LogP contribution in [0.25, 0.3) is 22.6 Å². The maximum atomic E-state index is 13.1. The molecule has 0 fully saturated rings. The number of rotatable bonds is 7. The highest BCUT2D eigenvalue weighted by molar-refractivity contribution is 5.77. The summed E-state index contributed by atoms with van der Waals surface area (Å²) in [6.45, 7) is 14.4. The monoisotopic (exact) mass is 425 g/mol. The van der Waals surface area contributed by atoms with E-state index in [1.807, 2.05) is 4.57 Å². The standard InChI is InChI=1S/C24H35N5O2/c1-15(2)18-9-11-19(12-10-18)21-25-22-20(23(30)27(8)24(31)26(22)7)29(21)14-13-28(16(3)4)17(5)6/h9-12,15-17H,13-14H2,1-8H3. The van der Waals surface area contributed by atoms with E-state index in [1.165, 1.54) is 17.2 Å². The van der Waals surface area contributed by atoms with Crippen LogP contribution in [0.1, 0.15) is 53.0 Å². The van der Waals surface area contributed by atoms with E-state index in [2.05, 4.69) is 70.7 Å². The molecule has 0 unspecified atom stereocenters. The quantitative estimate of drug-likeness (QED) is 0.582. The zero-order valence-electron chi connectivity index (χ0n) is 20.0. The fourth-order valence-electron chi connectivity index (χ4n) is 4.23. The molecule has 0 aliphatic carbocycles. The minimum atomic E-state index is -0.366. The van der Waals surface area contributed by atoms with Gasteiger partial charge in [-0.2, -0.15) is 0 Å². The van der Waals surface area contributed by atoms with Crippen molar-refractivity contribution in [3.05, 3.63) is 50.7 Å². The lowest BCUT2D eigenvalue weighted by Crippen LogP contribution is -2.40. The normalized spacial score (nSPS) is 12.3. The summed E-state index contributed by atoms with van der Waals surface area (Å²) in [6, 6.07) is 9.09. The highest BCUT2D eigenvalue weighted by atomic mass is 16.2. The fourth-order valence-corrected chi connectivity index (χ4v) is 4.23. The summed E-state index contributed by atoms with van der Waals surface area (Å²) in [5.74, 6) is 1.16. The topological polar surface area (TPSA) is 65.1 Å². The van der Waals surface area contributed by atoms with Gasteiger partial charge in [0, 0.05) is 44.8 Å². The summed E-state index contributed by atoms with van der Waals surface area (Å²) in [6.07, 6.45) is 0. The first-order valence-electron chi connectivity index (χ1n) is 11.1. The van der Waals surface area contributed by atoms with Gasteiger partial charge >= 0.3 is 5.69 Å². The van der Waals surface area contributed by atoms with E-state index in [0.717, 1.165) is 22.5 Å². The Bertz CT molecular complexity index is 1170. The molecule has 0 amide bonds. The van der Waals surface area contributed by atoms with Crippen molar-refractivity contribution in [2.45, 2.75) is 66.1 Å². The van der Waals surface area contributed by atoms with E-state index in [0.29, 0.717) is 35.7 Å². The minimum absolute atomic E-state index is 0.309. The van der Waals surface area contributed by atoms with Gasteiger partial charge < -0.3 is 4.57 Å². The molecule has 0 saturated heterocycles. The van der Waals surface area contributed by atoms with E-state index >= 15 is 0 Å². The lowest BCUT2D eigenvalue weighted by atomic mass is 10.0. The van der Waals surface area contributed by atoms with Gasteiger partial charge in [-0.3, -0.25) is 18.8 Å². The molecule has 3 aromatic rings. The number of imidazole rings is 1. The molecule has 0 bridgehead atoms. The van der Waals surface area contributed by atoms with Crippen molar-refractivity contribution in [2.75, 3.05) is 6.54 Å². The molecule has 0 radical (unpaired) electrons. The first-order valence-corrected chi connectivity index (χ1v) is 11.1. The fraction of sp³-hybridized carbons (Fsp3) is 0.542.